The van der Waals surface area contributed by atoms with Gasteiger partial charge in [0.15, 0.2) is 0 Å². The molecule has 6 nitrogen and oxygen atoms in total. The lowest BCUT2D eigenvalue weighted by molar-refractivity contribution is -0.143. The smallest absolute Gasteiger partial charge is 0.305 e. The number of ether oxygens (including phenoxy) is 1. The molecule has 466 valence electrons. The fourth-order valence-corrected chi connectivity index (χ4v) is 11.2. The highest BCUT2D eigenvalue weighted by molar-refractivity contribution is 5.76. The summed E-state index contributed by atoms with van der Waals surface area (Å²) in [6, 6.07) is -0.550. The Morgan fingerprint density at radius 3 is 1.00 bits per heavy atom. The first kappa shape index (κ1) is 77.1. The summed E-state index contributed by atoms with van der Waals surface area (Å²) < 4.78 is 5.50. The Hall–Kier alpha value is -1.92. The van der Waals surface area contributed by atoms with Gasteiger partial charge in [0.25, 0.3) is 0 Å². The first-order chi connectivity index (χ1) is 39.0. The topological polar surface area (TPSA) is 95.9 Å². The lowest BCUT2D eigenvalue weighted by atomic mass is 10.0. The number of carbonyl (C=O) groups is 2. The van der Waals surface area contributed by atoms with Crippen molar-refractivity contribution in [2.75, 3.05) is 13.2 Å². The summed E-state index contributed by atoms with van der Waals surface area (Å²) in [7, 11) is 0. The van der Waals surface area contributed by atoms with E-state index < -0.39 is 12.1 Å². The third kappa shape index (κ3) is 65.1. The molecule has 0 aliphatic heterocycles. The molecule has 0 bridgehead atoms. The van der Waals surface area contributed by atoms with E-state index in [1.807, 2.05) is 0 Å². The molecule has 2 atom stereocenters. The van der Waals surface area contributed by atoms with Gasteiger partial charge in [-0.25, -0.2) is 0 Å². The molecule has 0 aromatic heterocycles. The first-order valence-electron chi connectivity index (χ1n) is 35.7. The molecule has 0 aromatic carbocycles. The van der Waals surface area contributed by atoms with Crippen LogP contribution in [0.2, 0.25) is 0 Å². The van der Waals surface area contributed by atoms with Crippen LogP contribution in [0.15, 0.2) is 36.5 Å². The average Bonchev–Trinajstić information content (AvgIpc) is 3.45. The Morgan fingerprint density at radius 2 is 0.633 bits per heavy atom. The molecule has 0 aromatic rings. The van der Waals surface area contributed by atoms with Crippen LogP contribution in [0, 0.1) is 0 Å². The van der Waals surface area contributed by atoms with Crippen LogP contribution in [0.1, 0.15) is 393 Å². The standard InChI is InChI=1S/C73H139NO5/c1-3-5-7-9-11-13-15-17-19-21-23-24-25-26-30-33-37-41-45-49-53-57-61-65-71(76)70(69-75)74-72(77)66-62-58-54-50-46-42-38-34-31-27-28-32-36-40-44-48-52-56-60-64-68-79-73(78)67-63-59-55-51-47-43-39-35-29-22-20-18-16-14-12-10-8-6-4-2/h12,14,18,20,27,31,70-71,75-76H,3-11,13,15-17,19,21-26,28-30,32-69H2,1-2H3,(H,74,77)/b14-12-,20-18-,31-27-. The molecule has 1 amide bonds. The Bertz CT molecular complexity index is 1280. The second-order valence-electron chi connectivity index (χ2n) is 24.6. The second kappa shape index (κ2) is 68.6. The molecular weight excluding hydrogens is 971 g/mol. The molecule has 79 heavy (non-hydrogen) atoms. The molecule has 2 unspecified atom stereocenters. The maximum Gasteiger partial charge on any atom is 0.305 e. The van der Waals surface area contributed by atoms with Crippen molar-refractivity contribution in [2.24, 2.45) is 0 Å². The molecule has 0 heterocycles. The predicted molar refractivity (Wildman–Crippen MR) is 347 cm³/mol. The van der Waals surface area contributed by atoms with Crippen LogP contribution in [0.4, 0.5) is 0 Å². The summed E-state index contributed by atoms with van der Waals surface area (Å²) in [5.74, 6) is -0.0363. The van der Waals surface area contributed by atoms with E-state index >= 15 is 0 Å². The van der Waals surface area contributed by atoms with Crippen LogP contribution in [0.25, 0.3) is 0 Å². The summed E-state index contributed by atoms with van der Waals surface area (Å²) in [5.41, 5.74) is 0. The molecule has 3 N–H and O–H groups in total. The van der Waals surface area contributed by atoms with Crippen molar-refractivity contribution in [3.05, 3.63) is 36.5 Å². The summed E-state index contributed by atoms with van der Waals surface area (Å²) in [6.07, 6.45) is 87.5. The zero-order valence-corrected chi connectivity index (χ0v) is 53.4. The SMILES string of the molecule is CCCCC/C=C\C/C=C\CCCCCCCCCCCC(=O)OCCCCCCCCCCC/C=C\CCCCCCCCCC(=O)NC(CO)C(O)CCCCCCCCCCCCCCCCCCCCCCCCC. The van der Waals surface area contributed by atoms with Crippen molar-refractivity contribution in [1.29, 1.82) is 0 Å². The van der Waals surface area contributed by atoms with Crippen molar-refractivity contribution in [3.63, 3.8) is 0 Å². The Morgan fingerprint density at radius 1 is 0.354 bits per heavy atom. The van der Waals surface area contributed by atoms with Crippen LogP contribution >= 0.6 is 0 Å². The fourth-order valence-electron chi connectivity index (χ4n) is 11.2. The van der Waals surface area contributed by atoms with E-state index in [2.05, 4.69) is 55.6 Å². The Labute approximate surface area is 494 Å². The lowest BCUT2D eigenvalue weighted by Gasteiger charge is -2.22. The monoisotopic (exact) mass is 1110 g/mol. The number of carbonyl (C=O) groups excluding carboxylic acids is 2. The third-order valence-electron chi connectivity index (χ3n) is 16.7. The van der Waals surface area contributed by atoms with Crippen molar-refractivity contribution in [3.8, 4) is 0 Å². The normalized spacial score (nSPS) is 12.7. The minimum absolute atomic E-state index is 0.00333. The molecule has 0 fully saturated rings. The van der Waals surface area contributed by atoms with Crippen LogP contribution in [-0.4, -0.2) is 47.4 Å². The van der Waals surface area contributed by atoms with E-state index in [-0.39, 0.29) is 18.5 Å². The number of aliphatic hydroxyl groups is 2. The van der Waals surface area contributed by atoms with Crippen molar-refractivity contribution in [2.45, 2.75) is 405 Å². The van der Waals surface area contributed by atoms with Crippen LogP contribution < -0.4 is 5.32 Å². The highest BCUT2D eigenvalue weighted by Crippen LogP contribution is 2.19. The van der Waals surface area contributed by atoms with Gasteiger partial charge in [0.2, 0.25) is 5.91 Å². The lowest BCUT2D eigenvalue weighted by Crippen LogP contribution is -2.45. The molecule has 0 saturated heterocycles. The fraction of sp³-hybridized carbons (Fsp3) is 0.890. The van der Waals surface area contributed by atoms with E-state index in [1.165, 1.54) is 308 Å². The second-order valence-corrected chi connectivity index (χ2v) is 24.6. The van der Waals surface area contributed by atoms with E-state index in [1.54, 1.807) is 0 Å². The van der Waals surface area contributed by atoms with Gasteiger partial charge in [0.05, 0.1) is 25.4 Å². The van der Waals surface area contributed by atoms with Gasteiger partial charge in [-0.2, -0.15) is 0 Å². The molecule has 0 saturated carbocycles. The molecule has 0 aliphatic rings. The van der Waals surface area contributed by atoms with E-state index in [4.69, 9.17) is 4.74 Å². The number of hydrogen-bond donors (Lipinski definition) is 3. The van der Waals surface area contributed by atoms with Gasteiger partial charge in [-0.15, -0.1) is 0 Å². The van der Waals surface area contributed by atoms with Gasteiger partial charge in [0.1, 0.15) is 0 Å². The van der Waals surface area contributed by atoms with Crippen LogP contribution in [-0.2, 0) is 14.3 Å². The Kier molecular flexibility index (Phi) is 66.9. The molecule has 0 spiro atoms. The quantitative estimate of drug-likeness (QED) is 0.0320. The average molecular weight is 1110 g/mol. The summed E-state index contributed by atoms with van der Waals surface area (Å²) >= 11 is 0. The molecular formula is C73H139NO5. The maximum atomic E-state index is 12.6. The zero-order chi connectivity index (χ0) is 57.1. The van der Waals surface area contributed by atoms with Gasteiger partial charge in [0, 0.05) is 12.8 Å². The summed E-state index contributed by atoms with van der Waals surface area (Å²) in [4.78, 5) is 24.7. The minimum atomic E-state index is -0.672. The number of hydrogen-bond acceptors (Lipinski definition) is 5. The molecule has 0 aliphatic carbocycles. The molecule has 0 rings (SSSR count). The minimum Gasteiger partial charge on any atom is -0.466 e. The van der Waals surface area contributed by atoms with E-state index in [9.17, 15) is 19.8 Å². The molecule has 0 radical (unpaired) electrons. The number of unbranched alkanes of at least 4 members (excludes halogenated alkanes) is 50. The largest absolute Gasteiger partial charge is 0.466 e. The van der Waals surface area contributed by atoms with Crippen molar-refractivity contribution in [1.82, 2.24) is 5.32 Å². The van der Waals surface area contributed by atoms with Gasteiger partial charge < -0.3 is 20.3 Å². The molecule has 6 heteroatoms. The van der Waals surface area contributed by atoms with Gasteiger partial charge in [-0.1, -0.05) is 333 Å². The number of allylic oxidation sites excluding steroid dienone is 6. The number of amides is 1. The number of aliphatic hydroxyl groups excluding tert-OH is 2. The summed E-state index contributed by atoms with van der Waals surface area (Å²) in [5, 5.41) is 23.4. The van der Waals surface area contributed by atoms with Gasteiger partial charge in [-0.3, -0.25) is 9.59 Å². The Balaban J connectivity index is 3.42. The van der Waals surface area contributed by atoms with Crippen molar-refractivity contribution >= 4 is 11.9 Å². The highest BCUT2D eigenvalue weighted by atomic mass is 16.5. The third-order valence-corrected chi connectivity index (χ3v) is 16.7. The van der Waals surface area contributed by atoms with Gasteiger partial charge >= 0.3 is 5.97 Å². The van der Waals surface area contributed by atoms with Crippen molar-refractivity contribution < 1.29 is 24.5 Å². The van der Waals surface area contributed by atoms with E-state index in [0.29, 0.717) is 25.9 Å². The van der Waals surface area contributed by atoms with Gasteiger partial charge in [-0.05, 0) is 83.5 Å². The number of nitrogens with one attached hydrogen (secondary N) is 1. The van der Waals surface area contributed by atoms with E-state index in [0.717, 1.165) is 51.4 Å². The zero-order valence-electron chi connectivity index (χ0n) is 53.4. The van der Waals surface area contributed by atoms with Crippen LogP contribution in [0.5, 0.6) is 0 Å². The maximum absolute atomic E-state index is 12.6. The highest BCUT2D eigenvalue weighted by Gasteiger charge is 2.20. The predicted octanol–water partition coefficient (Wildman–Crippen LogP) is 23.1. The number of rotatable bonds is 67. The number of esters is 1. The summed E-state index contributed by atoms with van der Waals surface area (Å²) in [6.45, 7) is 4.95. The van der Waals surface area contributed by atoms with Crippen LogP contribution in [0.3, 0.4) is 0 Å². The first-order valence-corrected chi connectivity index (χ1v) is 35.7.